The van der Waals surface area contributed by atoms with Crippen molar-refractivity contribution in [2.45, 2.75) is 36.8 Å². The number of epoxide rings is 1. The molecule has 3 rings (SSSR count). The monoisotopic (exact) mass is 302 g/mol. The SMILES string of the molecule is CO[Si](OC)(OC)C12CCC(C1)C(COCC1CO1)C2. The number of rotatable bonds is 8. The summed E-state index contributed by atoms with van der Waals surface area (Å²) in [5, 5.41) is 0.111. The van der Waals surface area contributed by atoms with Gasteiger partial charge in [-0.05, 0) is 37.5 Å². The number of ether oxygens (including phenoxy) is 2. The van der Waals surface area contributed by atoms with E-state index in [1.165, 1.54) is 19.3 Å². The van der Waals surface area contributed by atoms with Crippen molar-refractivity contribution in [3.63, 3.8) is 0 Å². The highest BCUT2D eigenvalue weighted by atomic mass is 28.4. The molecule has 0 aromatic carbocycles. The topological polar surface area (TPSA) is 49.5 Å². The molecule has 0 radical (unpaired) electrons. The molecule has 6 heteroatoms. The van der Waals surface area contributed by atoms with Gasteiger partial charge < -0.3 is 22.8 Å². The van der Waals surface area contributed by atoms with Crippen LogP contribution < -0.4 is 0 Å². The molecule has 116 valence electrons. The maximum Gasteiger partial charge on any atom is 0.506 e. The Labute approximate surface area is 122 Å². The average molecular weight is 302 g/mol. The van der Waals surface area contributed by atoms with Crippen LogP contribution in [0.3, 0.4) is 0 Å². The van der Waals surface area contributed by atoms with Gasteiger partial charge in [-0.2, -0.15) is 0 Å². The highest BCUT2D eigenvalue weighted by molar-refractivity contribution is 6.64. The highest BCUT2D eigenvalue weighted by Gasteiger charge is 2.67. The van der Waals surface area contributed by atoms with Crippen LogP contribution >= 0.6 is 0 Å². The molecule has 0 aromatic rings. The molecule has 1 saturated heterocycles. The molecule has 4 unspecified atom stereocenters. The largest absolute Gasteiger partial charge is 0.506 e. The molecule has 1 heterocycles. The van der Waals surface area contributed by atoms with Gasteiger partial charge in [-0.15, -0.1) is 0 Å². The molecule has 0 amide bonds. The molecule has 0 N–H and O–H groups in total. The summed E-state index contributed by atoms with van der Waals surface area (Å²) in [6.07, 6.45) is 5.06. The standard InChI is InChI=1S/C14H26O5Si/c1-15-20(16-2,17-3)14-5-4-11(6-14)12(7-14)8-18-9-13-10-19-13/h11-13H,4-10H2,1-3H3. The smallest absolute Gasteiger partial charge is 0.378 e. The van der Waals surface area contributed by atoms with E-state index in [4.69, 9.17) is 22.8 Å². The molecule has 4 atom stereocenters. The van der Waals surface area contributed by atoms with Gasteiger partial charge in [0.05, 0.1) is 13.2 Å². The predicted molar refractivity (Wildman–Crippen MR) is 75.5 cm³/mol. The van der Waals surface area contributed by atoms with E-state index in [1.54, 1.807) is 21.3 Å². The van der Waals surface area contributed by atoms with Crippen LogP contribution in [0, 0.1) is 11.8 Å². The number of hydrogen-bond acceptors (Lipinski definition) is 5. The second-order valence-corrected chi connectivity index (χ2v) is 9.81. The van der Waals surface area contributed by atoms with Gasteiger partial charge in [0.2, 0.25) is 0 Å². The first-order valence-electron chi connectivity index (χ1n) is 7.53. The van der Waals surface area contributed by atoms with Crippen LogP contribution in [0.25, 0.3) is 0 Å². The molecule has 5 nitrogen and oxygen atoms in total. The Morgan fingerprint density at radius 3 is 2.40 bits per heavy atom. The van der Waals surface area contributed by atoms with E-state index in [0.29, 0.717) is 12.0 Å². The molecule has 2 aliphatic carbocycles. The maximum absolute atomic E-state index is 5.82. The van der Waals surface area contributed by atoms with Gasteiger partial charge in [0.15, 0.2) is 0 Å². The molecule has 2 bridgehead atoms. The lowest BCUT2D eigenvalue weighted by molar-refractivity contribution is 0.0574. The highest BCUT2D eigenvalue weighted by Crippen LogP contribution is 2.66. The van der Waals surface area contributed by atoms with Crippen LogP contribution in [0.15, 0.2) is 0 Å². The Bertz CT molecular complexity index is 336. The summed E-state index contributed by atoms with van der Waals surface area (Å²) in [4.78, 5) is 0. The zero-order valence-corrected chi connectivity index (χ0v) is 13.7. The Balaban J connectivity index is 1.63. The fraction of sp³-hybridized carbons (Fsp3) is 1.00. The normalized spacial score (nSPS) is 39.5. The molecule has 0 spiro atoms. The fourth-order valence-electron chi connectivity index (χ4n) is 4.44. The van der Waals surface area contributed by atoms with Crippen LogP contribution in [0.1, 0.15) is 25.7 Å². The summed E-state index contributed by atoms with van der Waals surface area (Å²) < 4.78 is 28.3. The Hall–Kier alpha value is 0.0169. The van der Waals surface area contributed by atoms with Crippen molar-refractivity contribution in [3.05, 3.63) is 0 Å². The van der Waals surface area contributed by atoms with Crippen molar-refractivity contribution in [1.82, 2.24) is 0 Å². The summed E-state index contributed by atoms with van der Waals surface area (Å²) in [7, 11) is 2.63. The first kappa shape index (κ1) is 14.9. The third kappa shape index (κ3) is 2.36. The lowest BCUT2D eigenvalue weighted by Crippen LogP contribution is -2.53. The van der Waals surface area contributed by atoms with Crippen molar-refractivity contribution >= 4 is 8.80 Å². The van der Waals surface area contributed by atoms with Crippen molar-refractivity contribution in [3.8, 4) is 0 Å². The Morgan fingerprint density at radius 1 is 1.10 bits per heavy atom. The third-order valence-corrected chi connectivity index (χ3v) is 9.03. The fourth-order valence-corrected chi connectivity index (χ4v) is 7.71. The van der Waals surface area contributed by atoms with Gasteiger partial charge in [0.25, 0.3) is 0 Å². The van der Waals surface area contributed by atoms with E-state index >= 15 is 0 Å². The average Bonchev–Trinajstić information content (AvgIpc) is 3.10. The van der Waals surface area contributed by atoms with Gasteiger partial charge in [0.1, 0.15) is 6.10 Å². The van der Waals surface area contributed by atoms with Crippen molar-refractivity contribution in [2.75, 3.05) is 41.2 Å². The molecule has 3 aliphatic rings. The van der Waals surface area contributed by atoms with Crippen LogP contribution in [0.4, 0.5) is 0 Å². The molecule has 0 aromatic heterocycles. The van der Waals surface area contributed by atoms with E-state index in [-0.39, 0.29) is 5.04 Å². The minimum absolute atomic E-state index is 0.111. The van der Waals surface area contributed by atoms with E-state index < -0.39 is 8.80 Å². The zero-order valence-electron chi connectivity index (χ0n) is 12.7. The first-order chi connectivity index (χ1) is 9.68. The number of fused-ring (bicyclic) bond motifs is 2. The second kappa shape index (κ2) is 5.66. The summed E-state index contributed by atoms with van der Waals surface area (Å²) >= 11 is 0. The molecule has 2 saturated carbocycles. The summed E-state index contributed by atoms with van der Waals surface area (Å²) in [5.41, 5.74) is 0. The second-order valence-electron chi connectivity index (χ2n) is 6.41. The van der Waals surface area contributed by atoms with E-state index in [9.17, 15) is 0 Å². The van der Waals surface area contributed by atoms with E-state index in [0.717, 1.165) is 32.2 Å². The van der Waals surface area contributed by atoms with Crippen LogP contribution in [-0.2, 0) is 22.8 Å². The lowest BCUT2D eigenvalue weighted by Gasteiger charge is -2.40. The van der Waals surface area contributed by atoms with Gasteiger partial charge in [-0.1, -0.05) is 0 Å². The van der Waals surface area contributed by atoms with Crippen LogP contribution in [0.5, 0.6) is 0 Å². The van der Waals surface area contributed by atoms with E-state index in [1.807, 2.05) is 0 Å². The molecule has 3 fully saturated rings. The summed E-state index contributed by atoms with van der Waals surface area (Å²) in [6.45, 7) is 2.45. The number of hydrogen-bond donors (Lipinski definition) is 0. The first-order valence-corrected chi connectivity index (χ1v) is 9.26. The van der Waals surface area contributed by atoms with E-state index in [2.05, 4.69) is 0 Å². The minimum Gasteiger partial charge on any atom is -0.378 e. The van der Waals surface area contributed by atoms with Crippen molar-refractivity contribution in [2.24, 2.45) is 11.8 Å². The van der Waals surface area contributed by atoms with Gasteiger partial charge in [-0.3, -0.25) is 0 Å². The van der Waals surface area contributed by atoms with Gasteiger partial charge in [0, 0.05) is 33.0 Å². The summed E-state index contributed by atoms with van der Waals surface area (Å²) in [6, 6.07) is 0. The van der Waals surface area contributed by atoms with Crippen LogP contribution in [0.2, 0.25) is 5.04 Å². The van der Waals surface area contributed by atoms with Crippen molar-refractivity contribution < 1.29 is 22.8 Å². The van der Waals surface area contributed by atoms with Crippen molar-refractivity contribution in [1.29, 1.82) is 0 Å². The van der Waals surface area contributed by atoms with Crippen LogP contribution in [-0.4, -0.2) is 56.1 Å². The lowest BCUT2D eigenvalue weighted by atomic mass is 9.89. The quantitative estimate of drug-likeness (QED) is 0.506. The molecule has 20 heavy (non-hydrogen) atoms. The molecular weight excluding hydrogens is 276 g/mol. The maximum atomic E-state index is 5.82. The van der Waals surface area contributed by atoms with Gasteiger partial charge in [-0.25, -0.2) is 0 Å². The van der Waals surface area contributed by atoms with Gasteiger partial charge >= 0.3 is 8.80 Å². The Morgan fingerprint density at radius 2 is 1.80 bits per heavy atom. The Kier molecular flexibility index (Phi) is 4.23. The molecular formula is C14H26O5Si. The zero-order chi connectivity index (χ0) is 14.2. The molecule has 1 aliphatic heterocycles. The minimum atomic E-state index is -2.56. The summed E-state index contributed by atoms with van der Waals surface area (Å²) in [5.74, 6) is 1.36. The predicted octanol–water partition coefficient (Wildman–Crippen LogP) is 1.84. The third-order valence-electron chi connectivity index (χ3n) is 5.46.